The minimum Gasteiger partial charge on any atom is -0.496 e. The van der Waals surface area contributed by atoms with Crippen LogP contribution in [0.15, 0.2) is 41.3 Å². The first-order valence-corrected chi connectivity index (χ1v) is 13.7. The van der Waals surface area contributed by atoms with Gasteiger partial charge in [0.15, 0.2) is 11.5 Å². The second-order valence-corrected chi connectivity index (χ2v) is 11.0. The third-order valence-electron chi connectivity index (χ3n) is 7.93. The van der Waals surface area contributed by atoms with E-state index in [4.69, 9.17) is 8.85 Å². The molecule has 1 amide bonds. The zero-order valence-corrected chi connectivity index (χ0v) is 23.8. The molecule has 0 bridgehead atoms. The summed E-state index contributed by atoms with van der Waals surface area (Å²) >= 11 is 0. The number of likely N-dealkylation sites (N-methyl/N-ethyl adjacent to an activating group) is 1. The Morgan fingerprint density at radius 3 is 2.64 bits per heavy atom. The van der Waals surface area contributed by atoms with E-state index in [0.29, 0.717) is 21.8 Å². The van der Waals surface area contributed by atoms with Crippen LogP contribution in [0.3, 0.4) is 0 Å². The fourth-order valence-corrected chi connectivity index (χ4v) is 5.96. The van der Waals surface area contributed by atoms with Crippen LogP contribution in [-0.2, 0) is 4.79 Å². The summed E-state index contributed by atoms with van der Waals surface area (Å²) in [5, 5.41) is 3.28. The number of ether oxygens (including phenoxy) is 1. The lowest BCUT2D eigenvalue weighted by atomic mass is 9.99. The predicted molar refractivity (Wildman–Crippen MR) is 158 cm³/mol. The zero-order chi connectivity index (χ0) is 32.5. The maximum atomic E-state index is 16.3. The number of piperazine rings is 1. The van der Waals surface area contributed by atoms with E-state index in [1.165, 1.54) is 23.8 Å². The van der Waals surface area contributed by atoms with E-state index in [0.717, 1.165) is 12.1 Å². The van der Waals surface area contributed by atoms with Gasteiger partial charge in [-0.15, -0.1) is 0 Å². The number of benzene rings is 1. The molecule has 11 heteroatoms. The molecular weight excluding hydrogens is 542 g/mol. The highest BCUT2D eigenvalue weighted by molar-refractivity contribution is 6.11. The number of carbonyl (C=O) groups excluding carboxylic acids is 1. The Hall–Kier alpha value is -4.38. The number of rotatable bonds is 4. The SMILES string of the molecule is [2H]C([2H])([2H])N1C(=O)[C@H]2CN[C@H](C)CN2c2c1c(=O)n(-c1c(C)ccnc1C(C)C)c1nc(-c3c(F)cccc3OC)c(F)cc21. The molecule has 0 aliphatic carbocycles. The maximum Gasteiger partial charge on any atom is 0.283 e. The summed E-state index contributed by atoms with van der Waals surface area (Å²) in [6.07, 6.45) is 1.59. The molecule has 0 spiro atoms. The molecule has 5 heterocycles. The minimum atomic E-state index is -3.04. The fourth-order valence-electron chi connectivity index (χ4n) is 5.96. The van der Waals surface area contributed by atoms with Gasteiger partial charge in [-0.25, -0.2) is 13.8 Å². The van der Waals surface area contributed by atoms with Crippen LogP contribution in [0.25, 0.3) is 28.0 Å². The lowest BCUT2D eigenvalue weighted by molar-refractivity contribution is -0.120. The van der Waals surface area contributed by atoms with Gasteiger partial charge in [-0.05, 0) is 49.6 Å². The molecule has 218 valence electrons. The Kier molecular flexibility index (Phi) is 5.86. The van der Waals surface area contributed by atoms with Crippen molar-refractivity contribution in [3.63, 3.8) is 0 Å². The van der Waals surface area contributed by atoms with Gasteiger partial charge in [0.05, 0.1) is 29.7 Å². The number of anilines is 2. The molecule has 2 atom stereocenters. The van der Waals surface area contributed by atoms with Gasteiger partial charge in [0.1, 0.15) is 29.0 Å². The van der Waals surface area contributed by atoms with Gasteiger partial charge in [0.2, 0.25) is 0 Å². The van der Waals surface area contributed by atoms with Crippen molar-refractivity contribution in [1.82, 2.24) is 19.9 Å². The third kappa shape index (κ3) is 4.05. The third-order valence-corrected chi connectivity index (χ3v) is 7.93. The summed E-state index contributed by atoms with van der Waals surface area (Å²) in [7, 11) is 1.32. The second kappa shape index (κ2) is 10.2. The highest BCUT2D eigenvalue weighted by Crippen LogP contribution is 2.43. The number of aromatic nitrogens is 3. The van der Waals surface area contributed by atoms with Crippen molar-refractivity contribution in [3.05, 3.63) is 69.8 Å². The van der Waals surface area contributed by atoms with Crippen LogP contribution in [0.5, 0.6) is 5.75 Å². The Labute approximate surface area is 246 Å². The van der Waals surface area contributed by atoms with Gasteiger partial charge < -0.3 is 19.9 Å². The van der Waals surface area contributed by atoms with Crippen molar-refractivity contribution in [2.75, 3.05) is 37.0 Å². The summed E-state index contributed by atoms with van der Waals surface area (Å²) in [6, 6.07) is 5.72. The number of nitrogens with zero attached hydrogens (tertiary/aromatic N) is 5. The van der Waals surface area contributed by atoms with Gasteiger partial charge in [-0.3, -0.25) is 19.1 Å². The monoisotopic (exact) mass is 577 g/mol. The van der Waals surface area contributed by atoms with Crippen LogP contribution in [0.4, 0.5) is 20.2 Å². The maximum absolute atomic E-state index is 16.3. The van der Waals surface area contributed by atoms with Gasteiger partial charge >= 0.3 is 0 Å². The van der Waals surface area contributed by atoms with Crippen molar-refractivity contribution < 1.29 is 22.4 Å². The number of pyridine rings is 3. The number of hydrogen-bond acceptors (Lipinski definition) is 7. The molecule has 1 fully saturated rings. The molecule has 0 unspecified atom stereocenters. The number of methoxy groups -OCH3 is 1. The smallest absolute Gasteiger partial charge is 0.283 e. The van der Waals surface area contributed by atoms with E-state index in [-0.39, 0.29) is 53.1 Å². The molecular formula is C31H32F2N6O3. The molecule has 0 radical (unpaired) electrons. The average molecular weight is 578 g/mol. The molecule has 6 rings (SSSR count). The Balaban J connectivity index is 1.85. The summed E-state index contributed by atoms with van der Waals surface area (Å²) in [5.74, 6) is -2.67. The lowest BCUT2D eigenvalue weighted by Gasteiger charge is -2.46. The van der Waals surface area contributed by atoms with Crippen LogP contribution in [0.2, 0.25) is 0 Å². The molecule has 4 aromatic rings. The van der Waals surface area contributed by atoms with E-state index in [1.54, 1.807) is 24.1 Å². The zero-order valence-electron chi connectivity index (χ0n) is 26.8. The summed E-state index contributed by atoms with van der Waals surface area (Å²) in [6.45, 7) is 4.69. The van der Waals surface area contributed by atoms with Crippen LogP contribution < -0.4 is 25.4 Å². The number of amides is 1. The standard InChI is InChI=1S/C31H32F2N6O3/c1-15(2)24-26(16(3)10-11-34-24)39-29-18(12-20(33)25(36-29)23-19(32)8-7-9-22(23)42-6)27-28(31(39)41)37(5)30(40)21-13-35-17(4)14-38(21)27/h7-12,15,17,21,35H,13-14H2,1-6H3/t17-,21-/m1/s1/i5D3. The summed E-state index contributed by atoms with van der Waals surface area (Å²) in [4.78, 5) is 40.0. The average Bonchev–Trinajstić information content (AvgIpc) is 2.97. The van der Waals surface area contributed by atoms with Crippen molar-refractivity contribution in [1.29, 1.82) is 0 Å². The number of fused-ring (bicyclic) bond motifs is 5. The normalized spacial score (nSPS) is 19.8. The molecule has 1 saturated heterocycles. The topological polar surface area (TPSA) is 92.6 Å². The molecule has 3 aromatic heterocycles. The van der Waals surface area contributed by atoms with E-state index >= 15 is 8.78 Å². The summed E-state index contributed by atoms with van der Waals surface area (Å²) in [5.41, 5.74) is -0.475. The lowest BCUT2D eigenvalue weighted by Crippen LogP contribution is -2.64. The van der Waals surface area contributed by atoms with E-state index < -0.39 is 47.5 Å². The largest absolute Gasteiger partial charge is 0.496 e. The van der Waals surface area contributed by atoms with Gasteiger partial charge in [-0.1, -0.05) is 19.9 Å². The Morgan fingerprint density at radius 1 is 1.14 bits per heavy atom. The van der Waals surface area contributed by atoms with E-state index in [1.807, 2.05) is 20.8 Å². The predicted octanol–water partition coefficient (Wildman–Crippen LogP) is 4.31. The first-order chi connectivity index (χ1) is 21.3. The van der Waals surface area contributed by atoms with Gasteiger partial charge in [0.25, 0.3) is 11.5 Å². The van der Waals surface area contributed by atoms with Gasteiger partial charge in [0, 0.05) is 41.8 Å². The number of aryl methyl sites for hydroxylation is 1. The summed E-state index contributed by atoms with van der Waals surface area (Å²) < 4.78 is 63.1. The molecule has 2 aliphatic rings. The van der Waals surface area contributed by atoms with Crippen molar-refractivity contribution >= 4 is 28.3 Å². The first kappa shape index (κ1) is 24.2. The van der Waals surface area contributed by atoms with E-state index in [9.17, 15) is 9.59 Å². The number of carbonyl (C=O) groups is 1. The minimum absolute atomic E-state index is 0.0307. The van der Waals surface area contributed by atoms with Crippen LogP contribution in [-0.4, -0.2) is 59.7 Å². The molecule has 1 aromatic carbocycles. The fraction of sp³-hybridized carbons (Fsp3) is 0.355. The van der Waals surface area contributed by atoms with Crippen LogP contribution in [0.1, 0.15) is 42.1 Å². The van der Waals surface area contributed by atoms with Crippen LogP contribution >= 0.6 is 0 Å². The highest BCUT2D eigenvalue weighted by Gasteiger charge is 2.43. The Bertz CT molecular complexity index is 1930. The quantitative estimate of drug-likeness (QED) is 0.387. The molecule has 2 aliphatic heterocycles. The highest BCUT2D eigenvalue weighted by atomic mass is 19.1. The van der Waals surface area contributed by atoms with Crippen molar-refractivity contribution in [2.24, 2.45) is 0 Å². The first-order valence-electron chi connectivity index (χ1n) is 15.2. The van der Waals surface area contributed by atoms with Crippen LogP contribution in [0, 0.1) is 18.6 Å². The molecule has 0 saturated carbocycles. The van der Waals surface area contributed by atoms with Crippen molar-refractivity contribution in [3.8, 4) is 22.7 Å². The number of halogens is 2. The van der Waals surface area contributed by atoms with Gasteiger partial charge in [-0.2, -0.15) is 0 Å². The molecule has 1 N–H and O–H groups in total. The molecule has 42 heavy (non-hydrogen) atoms. The van der Waals surface area contributed by atoms with Crippen molar-refractivity contribution in [2.45, 2.75) is 45.7 Å². The number of nitrogens with one attached hydrogen (secondary N) is 1. The van der Waals surface area contributed by atoms with E-state index in [2.05, 4.69) is 15.3 Å². The Morgan fingerprint density at radius 2 is 1.93 bits per heavy atom. The second-order valence-electron chi connectivity index (χ2n) is 11.0. The number of hydrogen-bond donors (Lipinski definition) is 1. The molecule has 9 nitrogen and oxygen atoms in total.